The van der Waals surface area contributed by atoms with Crippen LogP contribution in [0.3, 0.4) is 0 Å². The molecule has 0 radical (unpaired) electrons. The van der Waals surface area contributed by atoms with Crippen LogP contribution >= 0.6 is 22.6 Å². The molecule has 0 fully saturated rings. The number of halogens is 1. The summed E-state index contributed by atoms with van der Waals surface area (Å²) in [6.45, 7) is 1.31. The van der Waals surface area contributed by atoms with Crippen molar-refractivity contribution in [3.8, 4) is 11.5 Å². The Balaban J connectivity index is 1.92. The smallest absolute Gasteiger partial charge is 0.363 e. The van der Waals surface area contributed by atoms with Gasteiger partial charge in [-0.2, -0.15) is 0 Å². The largest absolute Gasteiger partial charge is 0.493 e. The summed E-state index contributed by atoms with van der Waals surface area (Å²) >= 11 is 2.18. The second-order valence-corrected chi connectivity index (χ2v) is 6.60. The van der Waals surface area contributed by atoms with E-state index in [2.05, 4.69) is 27.6 Å². The molecule has 6 nitrogen and oxygen atoms in total. The van der Waals surface area contributed by atoms with E-state index in [1.54, 1.807) is 24.3 Å². The first kappa shape index (κ1) is 18.1. The topological polar surface area (TPSA) is 74.2 Å². The quantitative estimate of drug-likeness (QED) is 0.300. The van der Waals surface area contributed by atoms with Gasteiger partial charge in [-0.3, -0.25) is 4.79 Å². The molecule has 2 aromatic carbocycles. The molecule has 0 N–H and O–H groups in total. The Morgan fingerprint density at radius 1 is 1.19 bits per heavy atom. The first-order chi connectivity index (χ1) is 12.5. The molecular formula is C19H14INO5. The van der Waals surface area contributed by atoms with E-state index in [4.69, 9.17) is 14.2 Å². The molecule has 3 rings (SSSR count). The highest BCUT2D eigenvalue weighted by Crippen LogP contribution is 2.30. The average Bonchev–Trinajstić information content (AvgIpc) is 2.96. The van der Waals surface area contributed by atoms with Crippen LogP contribution in [0.15, 0.2) is 53.2 Å². The number of carbonyl (C=O) groups excluding carboxylic acids is 2. The highest BCUT2D eigenvalue weighted by atomic mass is 127. The molecule has 0 spiro atoms. The lowest BCUT2D eigenvalue weighted by molar-refractivity contribution is -0.132. The van der Waals surface area contributed by atoms with Crippen molar-refractivity contribution in [1.82, 2.24) is 0 Å². The van der Waals surface area contributed by atoms with Gasteiger partial charge in [0.1, 0.15) is 0 Å². The zero-order chi connectivity index (χ0) is 18.7. The van der Waals surface area contributed by atoms with Gasteiger partial charge in [0.2, 0.25) is 5.90 Å². The molecule has 132 valence electrons. The number of benzene rings is 2. The third kappa shape index (κ3) is 4.10. The van der Waals surface area contributed by atoms with Gasteiger partial charge in [-0.15, -0.1) is 0 Å². The van der Waals surface area contributed by atoms with E-state index in [0.717, 1.165) is 9.13 Å². The van der Waals surface area contributed by atoms with Crippen molar-refractivity contribution in [3.05, 3.63) is 62.9 Å². The normalized spacial score (nSPS) is 14.8. The minimum atomic E-state index is -0.526. The monoisotopic (exact) mass is 463 g/mol. The summed E-state index contributed by atoms with van der Waals surface area (Å²) in [6, 6.07) is 12.5. The summed E-state index contributed by atoms with van der Waals surface area (Å²) in [5.74, 6) is -0.0207. The average molecular weight is 463 g/mol. The fourth-order valence-corrected chi connectivity index (χ4v) is 2.87. The van der Waals surface area contributed by atoms with Crippen LogP contribution in [-0.2, 0) is 14.3 Å². The van der Waals surface area contributed by atoms with Crippen LogP contribution in [0.25, 0.3) is 6.08 Å². The Kier molecular flexibility index (Phi) is 5.36. The first-order valence-electron chi connectivity index (χ1n) is 7.61. The number of rotatable bonds is 4. The fourth-order valence-electron chi connectivity index (χ4n) is 2.33. The third-order valence-corrected chi connectivity index (χ3v) is 4.11. The van der Waals surface area contributed by atoms with E-state index >= 15 is 0 Å². The summed E-state index contributed by atoms with van der Waals surface area (Å²) in [6.07, 6.45) is 1.59. The molecule has 0 unspecified atom stereocenters. The van der Waals surface area contributed by atoms with Crippen LogP contribution in [0, 0.1) is 3.57 Å². The standard InChI is InChI=1S/C19H14INO5/c1-11(22)25-16-7-6-12(9-17(16)24-2)8-15-19(23)26-18(21-15)13-4-3-5-14(20)10-13/h3-10H,1-2H3/b15-8-. The van der Waals surface area contributed by atoms with Crippen molar-refractivity contribution in [3.63, 3.8) is 0 Å². The minimum Gasteiger partial charge on any atom is -0.493 e. The molecule has 0 aliphatic carbocycles. The minimum absolute atomic E-state index is 0.182. The van der Waals surface area contributed by atoms with Crippen LogP contribution < -0.4 is 9.47 Å². The number of esters is 2. The summed E-state index contributed by atoms with van der Waals surface area (Å²) < 4.78 is 16.6. The summed E-state index contributed by atoms with van der Waals surface area (Å²) in [7, 11) is 1.47. The maximum Gasteiger partial charge on any atom is 0.363 e. The molecule has 2 aromatic rings. The Bertz CT molecular complexity index is 949. The van der Waals surface area contributed by atoms with Gasteiger partial charge in [0.05, 0.1) is 7.11 Å². The van der Waals surface area contributed by atoms with E-state index in [1.165, 1.54) is 14.0 Å². The van der Waals surface area contributed by atoms with Gasteiger partial charge in [-0.1, -0.05) is 12.1 Å². The Hall–Kier alpha value is -2.68. The zero-order valence-corrected chi connectivity index (χ0v) is 16.1. The number of aliphatic imine (C=N–C) groups is 1. The van der Waals surface area contributed by atoms with Crippen LogP contribution in [0.2, 0.25) is 0 Å². The van der Waals surface area contributed by atoms with E-state index in [-0.39, 0.29) is 11.6 Å². The highest BCUT2D eigenvalue weighted by molar-refractivity contribution is 14.1. The lowest BCUT2D eigenvalue weighted by Crippen LogP contribution is -2.05. The summed E-state index contributed by atoms with van der Waals surface area (Å²) in [5.41, 5.74) is 1.58. The van der Waals surface area contributed by atoms with Crippen molar-refractivity contribution in [2.75, 3.05) is 7.11 Å². The van der Waals surface area contributed by atoms with Crippen LogP contribution in [0.5, 0.6) is 11.5 Å². The van der Waals surface area contributed by atoms with Gasteiger partial charge in [0, 0.05) is 16.1 Å². The summed E-state index contributed by atoms with van der Waals surface area (Å²) in [4.78, 5) is 27.5. The molecule has 0 saturated heterocycles. The third-order valence-electron chi connectivity index (χ3n) is 3.44. The summed E-state index contributed by atoms with van der Waals surface area (Å²) in [5, 5.41) is 0. The number of nitrogens with zero attached hydrogens (tertiary/aromatic N) is 1. The van der Waals surface area contributed by atoms with Crippen LogP contribution in [-0.4, -0.2) is 24.9 Å². The molecular weight excluding hydrogens is 449 g/mol. The lowest BCUT2D eigenvalue weighted by Gasteiger charge is -2.08. The van der Waals surface area contributed by atoms with Crippen molar-refractivity contribution >= 4 is 46.5 Å². The van der Waals surface area contributed by atoms with Gasteiger partial charge in [-0.05, 0) is 64.6 Å². The van der Waals surface area contributed by atoms with Gasteiger partial charge >= 0.3 is 11.9 Å². The number of cyclic esters (lactones) is 1. The predicted octanol–water partition coefficient (Wildman–Crippen LogP) is 3.57. The maximum atomic E-state index is 12.1. The molecule has 0 saturated carbocycles. The van der Waals surface area contributed by atoms with Gasteiger partial charge in [0.15, 0.2) is 17.2 Å². The Morgan fingerprint density at radius 3 is 2.69 bits per heavy atom. The number of carbonyl (C=O) groups is 2. The van der Waals surface area contributed by atoms with Gasteiger partial charge in [0.25, 0.3) is 0 Å². The van der Waals surface area contributed by atoms with Gasteiger partial charge in [-0.25, -0.2) is 9.79 Å². The van der Waals surface area contributed by atoms with Crippen LogP contribution in [0.1, 0.15) is 18.1 Å². The number of methoxy groups -OCH3 is 1. The van der Waals surface area contributed by atoms with Crippen molar-refractivity contribution in [1.29, 1.82) is 0 Å². The maximum absolute atomic E-state index is 12.1. The van der Waals surface area contributed by atoms with E-state index in [1.807, 2.05) is 24.3 Å². The number of hydrogen-bond acceptors (Lipinski definition) is 6. The molecule has 0 amide bonds. The predicted molar refractivity (Wildman–Crippen MR) is 104 cm³/mol. The zero-order valence-electron chi connectivity index (χ0n) is 14.0. The highest BCUT2D eigenvalue weighted by Gasteiger charge is 2.24. The molecule has 1 aliphatic heterocycles. The molecule has 1 heterocycles. The second-order valence-electron chi connectivity index (χ2n) is 5.35. The lowest BCUT2D eigenvalue weighted by atomic mass is 10.1. The SMILES string of the molecule is COc1cc(/C=C2\N=C(c3cccc(I)c3)OC2=O)ccc1OC(C)=O. The first-order valence-corrected chi connectivity index (χ1v) is 8.69. The molecule has 26 heavy (non-hydrogen) atoms. The number of hydrogen-bond donors (Lipinski definition) is 0. The molecule has 1 aliphatic rings. The Labute approximate surface area is 163 Å². The van der Waals surface area contributed by atoms with Gasteiger partial charge < -0.3 is 14.2 Å². The fraction of sp³-hybridized carbons (Fsp3) is 0.105. The number of ether oxygens (including phenoxy) is 3. The van der Waals surface area contributed by atoms with Crippen LogP contribution in [0.4, 0.5) is 0 Å². The van der Waals surface area contributed by atoms with E-state index < -0.39 is 11.9 Å². The molecule has 0 aromatic heterocycles. The van der Waals surface area contributed by atoms with Crippen molar-refractivity contribution in [2.24, 2.45) is 4.99 Å². The molecule has 0 atom stereocenters. The second kappa shape index (κ2) is 7.69. The van der Waals surface area contributed by atoms with E-state index in [0.29, 0.717) is 17.1 Å². The van der Waals surface area contributed by atoms with Crippen molar-refractivity contribution in [2.45, 2.75) is 6.92 Å². The Morgan fingerprint density at radius 2 is 2.00 bits per heavy atom. The molecule has 0 bridgehead atoms. The molecule has 7 heteroatoms. The van der Waals surface area contributed by atoms with E-state index in [9.17, 15) is 9.59 Å². The van der Waals surface area contributed by atoms with Crippen molar-refractivity contribution < 1.29 is 23.8 Å².